The van der Waals surface area contributed by atoms with Crippen molar-refractivity contribution in [2.45, 2.75) is 43.7 Å². The number of hydrogen-bond donors (Lipinski definition) is 1. The molecule has 1 amide bonds. The van der Waals surface area contributed by atoms with Crippen molar-refractivity contribution in [3.63, 3.8) is 0 Å². The first-order valence-corrected chi connectivity index (χ1v) is 7.62. The number of thiophene rings is 1. The van der Waals surface area contributed by atoms with Crippen LogP contribution in [-0.4, -0.2) is 14.3 Å². The number of sulfonamides is 1. The van der Waals surface area contributed by atoms with Crippen molar-refractivity contribution in [3.8, 4) is 0 Å². The zero-order chi connectivity index (χ0) is 13.3. The van der Waals surface area contributed by atoms with E-state index in [1.54, 1.807) is 13.0 Å². The zero-order valence-corrected chi connectivity index (χ0v) is 12.0. The van der Waals surface area contributed by atoms with Crippen LogP contribution in [-0.2, 0) is 20.2 Å². The summed E-state index contributed by atoms with van der Waals surface area (Å²) in [5.74, 6) is -0.490. The first kappa shape index (κ1) is 14.2. The maximum absolute atomic E-state index is 11.8. The topological polar surface area (TPSA) is 63.2 Å². The van der Waals surface area contributed by atoms with Gasteiger partial charge in [0, 0.05) is 11.3 Å². The molecule has 1 aromatic rings. The van der Waals surface area contributed by atoms with Crippen molar-refractivity contribution >= 4 is 27.3 Å². The Balaban J connectivity index is 3.01. The van der Waals surface area contributed by atoms with Gasteiger partial charge in [-0.3, -0.25) is 4.79 Å². The molecular formula is C11H17NO3S2. The standard InChI is InChI=1S/C11H17NO3S2/c1-5-9(13)12-17(14,15)10-7-6-8(16-10)11(2,3)4/h6-7H,5H2,1-4H3,(H,12,13). The average molecular weight is 275 g/mol. The second kappa shape index (κ2) is 4.78. The lowest BCUT2D eigenvalue weighted by atomic mass is 9.95. The highest BCUT2D eigenvalue weighted by atomic mass is 32.2. The van der Waals surface area contributed by atoms with E-state index in [1.165, 1.54) is 17.4 Å². The molecule has 1 rings (SSSR count). The highest BCUT2D eigenvalue weighted by Crippen LogP contribution is 2.31. The van der Waals surface area contributed by atoms with Crippen molar-refractivity contribution in [2.75, 3.05) is 0 Å². The molecule has 0 unspecified atom stereocenters. The molecule has 17 heavy (non-hydrogen) atoms. The van der Waals surface area contributed by atoms with E-state index in [1.807, 2.05) is 25.5 Å². The van der Waals surface area contributed by atoms with E-state index in [-0.39, 0.29) is 16.0 Å². The number of hydrogen-bond acceptors (Lipinski definition) is 4. The Bertz CT molecular complexity index is 509. The predicted molar refractivity (Wildman–Crippen MR) is 68.6 cm³/mol. The number of amides is 1. The second-order valence-electron chi connectivity index (χ2n) is 4.75. The van der Waals surface area contributed by atoms with Gasteiger partial charge in [-0.1, -0.05) is 27.7 Å². The third-order valence-corrected chi connectivity index (χ3v) is 5.53. The first-order chi connectivity index (χ1) is 7.66. The fourth-order valence-electron chi connectivity index (χ4n) is 1.14. The molecule has 1 aromatic heterocycles. The summed E-state index contributed by atoms with van der Waals surface area (Å²) >= 11 is 1.20. The van der Waals surface area contributed by atoms with E-state index in [4.69, 9.17) is 0 Å². The minimum Gasteiger partial charge on any atom is -0.274 e. The molecular weight excluding hydrogens is 258 g/mol. The SMILES string of the molecule is CCC(=O)NS(=O)(=O)c1ccc(C(C)(C)C)s1. The lowest BCUT2D eigenvalue weighted by molar-refractivity contribution is -0.119. The van der Waals surface area contributed by atoms with Gasteiger partial charge in [-0.05, 0) is 17.5 Å². The molecule has 6 heteroatoms. The minimum atomic E-state index is -3.69. The quantitative estimate of drug-likeness (QED) is 0.920. The number of rotatable bonds is 3. The molecule has 0 atom stereocenters. The molecule has 1 heterocycles. The largest absolute Gasteiger partial charge is 0.274 e. The molecule has 0 radical (unpaired) electrons. The van der Waals surface area contributed by atoms with Crippen molar-refractivity contribution in [1.82, 2.24) is 4.72 Å². The van der Waals surface area contributed by atoms with Gasteiger partial charge in [0.15, 0.2) is 0 Å². The number of nitrogens with one attached hydrogen (secondary N) is 1. The van der Waals surface area contributed by atoms with E-state index in [2.05, 4.69) is 0 Å². The molecule has 1 N–H and O–H groups in total. The molecule has 4 nitrogen and oxygen atoms in total. The van der Waals surface area contributed by atoms with Crippen LogP contribution in [0.1, 0.15) is 39.0 Å². The van der Waals surface area contributed by atoms with Crippen molar-refractivity contribution in [1.29, 1.82) is 0 Å². The van der Waals surface area contributed by atoms with Gasteiger partial charge in [0.2, 0.25) is 5.91 Å². The maximum Gasteiger partial charge on any atom is 0.273 e. The Morgan fingerprint density at radius 1 is 1.35 bits per heavy atom. The van der Waals surface area contributed by atoms with Crippen LogP contribution in [0, 0.1) is 0 Å². The third kappa shape index (κ3) is 3.54. The third-order valence-electron chi connectivity index (χ3n) is 2.15. The van der Waals surface area contributed by atoms with Gasteiger partial charge in [0.25, 0.3) is 10.0 Å². The van der Waals surface area contributed by atoms with Crippen LogP contribution in [0.5, 0.6) is 0 Å². The summed E-state index contributed by atoms with van der Waals surface area (Å²) in [7, 11) is -3.69. The van der Waals surface area contributed by atoms with Gasteiger partial charge in [-0.2, -0.15) is 0 Å². The average Bonchev–Trinajstić information content (AvgIpc) is 2.65. The normalized spacial score (nSPS) is 12.5. The molecule has 96 valence electrons. The van der Waals surface area contributed by atoms with Crippen molar-refractivity contribution in [3.05, 3.63) is 17.0 Å². The van der Waals surface area contributed by atoms with Crippen molar-refractivity contribution < 1.29 is 13.2 Å². The fourth-order valence-corrected chi connectivity index (χ4v) is 3.56. The monoisotopic (exact) mass is 275 g/mol. The lowest BCUT2D eigenvalue weighted by Crippen LogP contribution is -2.29. The molecule has 0 aliphatic heterocycles. The molecule has 0 aliphatic rings. The maximum atomic E-state index is 11.8. The number of carbonyl (C=O) groups excluding carboxylic acids is 1. The summed E-state index contributed by atoms with van der Waals surface area (Å²) in [5, 5.41) is 0. The predicted octanol–water partition coefficient (Wildman–Crippen LogP) is 2.26. The van der Waals surface area contributed by atoms with Crippen LogP contribution in [0.4, 0.5) is 0 Å². The van der Waals surface area contributed by atoms with Crippen molar-refractivity contribution in [2.24, 2.45) is 0 Å². The highest BCUT2D eigenvalue weighted by molar-refractivity contribution is 7.92. The van der Waals surface area contributed by atoms with Crippen LogP contribution in [0.25, 0.3) is 0 Å². The lowest BCUT2D eigenvalue weighted by Gasteiger charge is -2.15. The Morgan fingerprint density at radius 2 is 1.94 bits per heavy atom. The number of carbonyl (C=O) groups is 1. The van der Waals surface area contributed by atoms with E-state index >= 15 is 0 Å². The van der Waals surface area contributed by atoms with Gasteiger partial charge in [0.1, 0.15) is 4.21 Å². The smallest absolute Gasteiger partial charge is 0.273 e. The van der Waals surface area contributed by atoms with Crippen LogP contribution in [0.2, 0.25) is 0 Å². The molecule has 0 aliphatic carbocycles. The van der Waals surface area contributed by atoms with Crippen LogP contribution in [0.3, 0.4) is 0 Å². The Morgan fingerprint density at radius 3 is 2.35 bits per heavy atom. The Labute approximate surface area is 106 Å². The van der Waals surface area contributed by atoms with Crippen LogP contribution < -0.4 is 4.72 Å². The van der Waals surface area contributed by atoms with Gasteiger partial charge in [-0.15, -0.1) is 11.3 Å². The highest BCUT2D eigenvalue weighted by Gasteiger charge is 2.23. The molecule has 0 fully saturated rings. The second-order valence-corrected chi connectivity index (χ2v) is 7.74. The Hall–Kier alpha value is -0.880. The van der Waals surface area contributed by atoms with Gasteiger partial charge in [0.05, 0.1) is 0 Å². The fraction of sp³-hybridized carbons (Fsp3) is 0.545. The summed E-state index contributed by atoms with van der Waals surface area (Å²) in [6.07, 6.45) is 0.150. The molecule has 0 aromatic carbocycles. The summed E-state index contributed by atoms with van der Waals surface area (Å²) < 4.78 is 25.9. The summed E-state index contributed by atoms with van der Waals surface area (Å²) in [6.45, 7) is 7.65. The minimum absolute atomic E-state index is 0.0901. The molecule has 0 bridgehead atoms. The molecule has 0 saturated heterocycles. The summed E-state index contributed by atoms with van der Waals surface area (Å²) in [6, 6.07) is 3.33. The van der Waals surface area contributed by atoms with E-state index < -0.39 is 15.9 Å². The Kier molecular flexibility index (Phi) is 3.99. The summed E-state index contributed by atoms with van der Waals surface area (Å²) in [4.78, 5) is 12.1. The first-order valence-electron chi connectivity index (χ1n) is 5.33. The van der Waals surface area contributed by atoms with Gasteiger partial charge in [-0.25, -0.2) is 13.1 Å². The molecule has 0 spiro atoms. The van der Waals surface area contributed by atoms with Crippen LogP contribution >= 0.6 is 11.3 Å². The van der Waals surface area contributed by atoms with E-state index in [9.17, 15) is 13.2 Å². The van der Waals surface area contributed by atoms with Crippen LogP contribution in [0.15, 0.2) is 16.3 Å². The van der Waals surface area contributed by atoms with E-state index in [0.29, 0.717) is 0 Å². The molecule has 0 saturated carbocycles. The zero-order valence-electron chi connectivity index (χ0n) is 10.4. The summed E-state index contributed by atoms with van der Waals surface area (Å²) in [5.41, 5.74) is -0.0901. The van der Waals surface area contributed by atoms with E-state index in [0.717, 1.165) is 4.88 Å². The van der Waals surface area contributed by atoms with Gasteiger partial charge >= 0.3 is 0 Å². The van der Waals surface area contributed by atoms with Gasteiger partial charge < -0.3 is 0 Å².